The van der Waals surface area contributed by atoms with Gasteiger partial charge in [0.2, 0.25) is 5.91 Å². The second-order valence-electron chi connectivity index (χ2n) is 6.74. The van der Waals surface area contributed by atoms with Crippen LogP contribution in [0.1, 0.15) is 41.6 Å². The molecule has 1 aromatic carbocycles. The monoisotopic (exact) mass is 364 g/mol. The van der Waals surface area contributed by atoms with Gasteiger partial charge in [0.05, 0.1) is 9.88 Å². The highest BCUT2D eigenvalue weighted by molar-refractivity contribution is 7.18. The molecular formula is C18H21ClN2O2S. The Morgan fingerprint density at radius 2 is 1.71 bits per heavy atom. The van der Waals surface area contributed by atoms with Crippen molar-refractivity contribution in [2.45, 2.75) is 34.6 Å². The molecule has 2 N–H and O–H groups in total. The summed E-state index contributed by atoms with van der Waals surface area (Å²) in [7, 11) is 0. The second-order valence-corrected chi connectivity index (χ2v) is 8.20. The van der Waals surface area contributed by atoms with Gasteiger partial charge in [0.25, 0.3) is 5.91 Å². The van der Waals surface area contributed by atoms with Crippen molar-refractivity contribution in [1.29, 1.82) is 0 Å². The Morgan fingerprint density at radius 3 is 2.29 bits per heavy atom. The van der Waals surface area contributed by atoms with E-state index in [1.165, 1.54) is 11.3 Å². The minimum absolute atomic E-state index is 0.0824. The van der Waals surface area contributed by atoms with Crippen LogP contribution in [0.2, 0.25) is 5.02 Å². The molecule has 1 aromatic heterocycles. The Bertz CT molecular complexity index is 791. The van der Waals surface area contributed by atoms with E-state index in [9.17, 15) is 9.59 Å². The van der Waals surface area contributed by atoms with E-state index in [2.05, 4.69) is 10.6 Å². The number of halogens is 1. The van der Waals surface area contributed by atoms with Crippen molar-refractivity contribution in [3.05, 3.63) is 45.3 Å². The van der Waals surface area contributed by atoms with Crippen LogP contribution < -0.4 is 10.6 Å². The number of amides is 2. The normalized spacial score (nSPS) is 11.2. The van der Waals surface area contributed by atoms with Crippen molar-refractivity contribution in [3.8, 4) is 0 Å². The number of carbonyl (C=O) groups excluding carboxylic acids is 2. The van der Waals surface area contributed by atoms with E-state index in [1.54, 1.807) is 6.07 Å². The molecule has 0 atom stereocenters. The van der Waals surface area contributed by atoms with Gasteiger partial charge in [-0.2, -0.15) is 0 Å². The Hall–Kier alpha value is -1.85. The van der Waals surface area contributed by atoms with Gasteiger partial charge in [-0.3, -0.25) is 9.59 Å². The molecule has 0 saturated carbocycles. The van der Waals surface area contributed by atoms with Crippen LogP contribution in [0.4, 0.5) is 10.7 Å². The molecule has 1 heterocycles. The van der Waals surface area contributed by atoms with E-state index in [-0.39, 0.29) is 11.8 Å². The fourth-order valence-electron chi connectivity index (χ4n) is 1.93. The molecule has 24 heavy (non-hydrogen) atoms. The van der Waals surface area contributed by atoms with Crippen LogP contribution in [-0.2, 0) is 4.79 Å². The first-order valence-corrected chi connectivity index (χ1v) is 8.77. The SMILES string of the molecule is Cc1ccc(NC(=O)c2sc(NC(=O)C(C)(C)C)cc2C)cc1Cl. The number of nitrogens with one attached hydrogen (secondary N) is 2. The lowest BCUT2D eigenvalue weighted by Gasteiger charge is -2.16. The highest BCUT2D eigenvalue weighted by atomic mass is 35.5. The van der Waals surface area contributed by atoms with E-state index < -0.39 is 5.41 Å². The van der Waals surface area contributed by atoms with Crippen LogP contribution in [0.3, 0.4) is 0 Å². The zero-order valence-electron chi connectivity index (χ0n) is 14.4. The summed E-state index contributed by atoms with van der Waals surface area (Å²) in [6, 6.07) is 7.20. The van der Waals surface area contributed by atoms with Gasteiger partial charge in [-0.15, -0.1) is 11.3 Å². The van der Waals surface area contributed by atoms with Crippen molar-refractivity contribution in [3.63, 3.8) is 0 Å². The standard InChI is InChI=1S/C18H21ClN2O2S/c1-10-6-7-12(9-13(10)19)20-16(22)15-11(2)8-14(24-15)21-17(23)18(3,4)5/h6-9H,1-5H3,(H,20,22)(H,21,23). The van der Waals surface area contributed by atoms with Gasteiger partial charge in [-0.25, -0.2) is 0 Å². The number of hydrogen-bond donors (Lipinski definition) is 2. The molecule has 0 unspecified atom stereocenters. The number of aryl methyl sites for hydroxylation is 2. The number of thiophene rings is 1. The molecule has 0 aliphatic carbocycles. The van der Waals surface area contributed by atoms with Crippen LogP contribution in [0.5, 0.6) is 0 Å². The highest BCUT2D eigenvalue weighted by Crippen LogP contribution is 2.29. The lowest BCUT2D eigenvalue weighted by molar-refractivity contribution is -0.123. The summed E-state index contributed by atoms with van der Waals surface area (Å²) < 4.78 is 0. The molecule has 0 aliphatic rings. The minimum Gasteiger partial charge on any atom is -0.321 e. The maximum Gasteiger partial charge on any atom is 0.266 e. The Labute approximate surface area is 151 Å². The lowest BCUT2D eigenvalue weighted by Crippen LogP contribution is -2.27. The van der Waals surface area contributed by atoms with Crippen LogP contribution in [0, 0.1) is 19.3 Å². The summed E-state index contributed by atoms with van der Waals surface area (Å²) in [6.45, 7) is 9.29. The third kappa shape index (κ3) is 4.36. The van der Waals surface area contributed by atoms with Gasteiger partial charge in [0, 0.05) is 16.1 Å². The summed E-state index contributed by atoms with van der Waals surface area (Å²) in [5.74, 6) is -0.297. The second kappa shape index (κ2) is 6.95. The molecule has 0 saturated heterocycles. The summed E-state index contributed by atoms with van der Waals surface area (Å²) in [6.07, 6.45) is 0. The molecule has 0 fully saturated rings. The molecule has 6 heteroatoms. The van der Waals surface area contributed by atoms with Gasteiger partial charge in [0.15, 0.2) is 0 Å². The predicted molar refractivity (Wildman–Crippen MR) is 101 cm³/mol. The van der Waals surface area contributed by atoms with Crippen LogP contribution in [0.15, 0.2) is 24.3 Å². The summed E-state index contributed by atoms with van der Waals surface area (Å²) in [5, 5.41) is 6.97. The van der Waals surface area contributed by atoms with E-state index in [1.807, 2.05) is 52.8 Å². The van der Waals surface area contributed by atoms with Gasteiger partial charge in [-0.1, -0.05) is 38.4 Å². The molecule has 4 nitrogen and oxygen atoms in total. The topological polar surface area (TPSA) is 58.2 Å². The smallest absolute Gasteiger partial charge is 0.266 e. The lowest BCUT2D eigenvalue weighted by atomic mass is 9.96. The summed E-state index contributed by atoms with van der Waals surface area (Å²) in [5.41, 5.74) is 1.93. The van der Waals surface area contributed by atoms with Gasteiger partial charge in [0.1, 0.15) is 0 Å². The Morgan fingerprint density at radius 1 is 1.04 bits per heavy atom. The fraction of sp³-hybridized carbons (Fsp3) is 0.333. The van der Waals surface area contributed by atoms with Crippen LogP contribution >= 0.6 is 22.9 Å². The van der Waals surface area contributed by atoms with E-state index >= 15 is 0 Å². The number of anilines is 2. The predicted octanol–water partition coefficient (Wildman–Crippen LogP) is 5.26. The third-order valence-corrected chi connectivity index (χ3v) is 5.03. The first kappa shape index (κ1) is 18.5. The fourth-order valence-corrected chi connectivity index (χ4v) is 3.07. The Balaban J connectivity index is 2.15. The number of benzene rings is 1. The maximum absolute atomic E-state index is 12.5. The largest absolute Gasteiger partial charge is 0.321 e. The molecule has 128 valence electrons. The summed E-state index contributed by atoms with van der Waals surface area (Å²) >= 11 is 7.34. The molecule has 0 spiro atoms. The first-order chi connectivity index (χ1) is 11.1. The molecule has 0 bridgehead atoms. The zero-order valence-corrected chi connectivity index (χ0v) is 16.0. The highest BCUT2D eigenvalue weighted by Gasteiger charge is 2.23. The molecule has 2 aromatic rings. The first-order valence-electron chi connectivity index (χ1n) is 7.57. The average Bonchev–Trinajstić information content (AvgIpc) is 2.82. The van der Waals surface area contributed by atoms with Gasteiger partial charge >= 0.3 is 0 Å². The van der Waals surface area contributed by atoms with E-state index in [0.717, 1.165) is 11.1 Å². The number of hydrogen-bond acceptors (Lipinski definition) is 3. The molecule has 0 aliphatic heterocycles. The minimum atomic E-state index is -0.487. The molecule has 2 amide bonds. The molecule has 2 rings (SSSR count). The number of rotatable bonds is 3. The zero-order chi connectivity index (χ0) is 18.1. The molecule has 0 radical (unpaired) electrons. The average molecular weight is 365 g/mol. The quantitative estimate of drug-likeness (QED) is 0.780. The van der Waals surface area contributed by atoms with Crippen molar-refractivity contribution >= 4 is 45.4 Å². The van der Waals surface area contributed by atoms with Crippen LogP contribution in [-0.4, -0.2) is 11.8 Å². The summed E-state index contributed by atoms with van der Waals surface area (Å²) in [4.78, 5) is 25.1. The van der Waals surface area contributed by atoms with Gasteiger partial charge in [-0.05, 0) is 43.2 Å². The number of carbonyl (C=O) groups is 2. The third-order valence-electron chi connectivity index (χ3n) is 3.47. The molecular weight excluding hydrogens is 344 g/mol. The van der Waals surface area contributed by atoms with Crippen LogP contribution in [0.25, 0.3) is 0 Å². The van der Waals surface area contributed by atoms with Crippen molar-refractivity contribution in [1.82, 2.24) is 0 Å². The maximum atomic E-state index is 12.5. The van der Waals surface area contributed by atoms with E-state index in [0.29, 0.717) is 20.6 Å². The van der Waals surface area contributed by atoms with Crippen molar-refractivity contribution in [2.24, 2.45) is 5.41 Å². The van der Waals surface area contributed by atoms with Gasteiger partial charge < -0.3 is 10.6 Å². The Kier molecular flexibility index (Phi) is 5.35. The van der Waals surface area contributed by atoms with Crippen molar-refractivity contribution < 1.29 is 9.59 Å². The van der Waals surface area contributed by atoms with Crippen molar-refractivity contribution in [2.75, 3.05) is 10.6 Å². The van der Waals surface area contributed by atoms with E-state index in [4.69, 9.17) is 11.6 Å².